The number of nitrogens with one attached hydrogen (secondary N) is 1. The Morgan fingerprint density at radius 2 is 1.95 bits per heavy atom. The van der Waals surface area contributed by atoms with Gasteiger partial charge in [-0.2, -0.15) is 0 Å². The molecule has 102 valence electrons. The summed E-state index contributed by atoms with van der Waals surface area (Å²) >= 11 is 19.4. The van der Waals surface area contributed by atoms with Crippen molar-refractivity contribution in [2.45, 2.75) is 13.5 Å². The van der Waals surface area contributed by atoms with Crippen LogP contribution in [0, 0.1) is 0 Å². The minimum Gasteiger partial charge on any atom is -0.485 e. The molecule has 0 saturated carbocycles. The van der Waals surface area contributed by atoms with E-state index in [1.165, 1.54) is 11.3 Å². The molecular weight excluding hydrogens is 327 g/mol. The van der Waals surface area contributed by atoms with E-state index in [4.69, 9.17) is 39.5 Å². The van der Waals surface area contributed by atoms with Crippen molar-refractivity contribution in [3.05, 3.63) is 38.3 Å². The quantitative estimate of drug-likeness (QED) is 0.822. The first-order valence-electron chi connectivity index (χ1n) is 5.56. The van der Waals surface area contributed by atoms with Gasteiger partial charge < -0.3 is 10.1 Å². The maximum absolute atomic E-state index is 6.04. The van der Waals surface area contributed by atoms with Gasteiger partial charge in [-0.25, -0.2) is 4.98 Å². The number of ether oxygens (including phenoxy) is 1. The number of hydrogen-bond donors (Lipinski definition) is 1. The van der Waals surface area contributed by atoms with Crippen molar-refractivity contribution in [3.63, 3.8) is 0 Å². The second-order valence-electron chi connectivity index (χ2n) is 3.65. The van der Waals surface area contributed by atoms with Gasteiger partial charge in [0, 0.05) is 17.8 Å². The largest absolute Gasteiger partial charge is 0.485 e. The molecule has 0 aliphatic rings. The monoisotopic (exact) mass is 336 g/mol. The number of halogens is 3. The molecule has 0 aliphatic carbocycles. The Bertz CT molecular complexity index is 551. The summed E-state index contributed by atoms with van der Waals surface area (Å²) in [5.74, 6) is 0.436. The summed E-state index contributed by atoms with van der Waals surface area (Å²) in [6.07, 6.45) is 1.76. The fourth-order valence-electron chi connectivity index (χ4n) is 1.42. The number of rotatable bonds is 5. The van der Waals surface area contributed by atoms with Crippen LogP contribution in [0.2, 0.25) is 15.1 Å². The second-order valence-corrected chi connectivity index (χ2v) is 6.02. The van der Waals surface area contributed by atoms with Crippen molar-refractivity contribution in [3.8, 4) is 5.75 Å². The van der Waals surface area contributed by atoms with Gasteiger partial charge in [0.1, 0.15) is 6.61 Å². The van der Waals surface area contributed by atoms with Gasteiger partial charge in [-0.15, -0.1) is 0 Å². The number of nitrogens with zero attached hydrogens (tertiary/aromatic N) is 1. The first-order valence-corrected chi connectivity index (χ1v) is 7.51. The van der Waals surface area contributed by atoms with E-state index in [2.05, 4.69) is 10.3 Å². The zero-order valence-corrected chi connectivity index (χ0v) is 13.1. The lowest BCUT2D eigenvalue weighted by atomic mass is 10.3. The first kappa shape index (κ1) is 14.7. The summed E-state index contributed by atoms with van der Waals surface area (Å²) in [5, 5.41) is 5.28. The molecule has 19 heavy (non-hydrogen) atoms. The van der Waals surface area contributed by atoms with Crippen LogP contribution < -0.4 is 10.1 Å². The van der Waals surface area contributed by atoms with E-state index in [0.29, 0.717) is 27.4 Å². The number of aromatic nitrogens is 1. The van der Waals surface area contributed by atoms with E-state index in [-0.39, 0.29) is 0 Å². The molecule has 3 nitrogen and oxygen atoms in total. The Morgan fingerprint density at radius 1 is 1.26 bits per heavy atom. The number of hydrogen-bond acceptors (Lipinski definition) is 4. The molecule has 0 atom stereocenters. The molecule has 1 heterocycles. The number of anilines is 1. The highest BCUT2D eigenvalue weighted by Gasteiger charge is 2.10. The normalized spacial score (nSPS) is 10.5. The maximum Gasteiger partial charge on any atom is 0.182 e. The van der Waals surface area contributed by atoms with E-state index in [0.717, 1.165) is 16.6 Å². The van der Waals surface area contributed by atoms with Crippen LogP contribution in [-0.2, 0) is 6.61 Å². The van der Waals surface area contributed by atoms with Gasteiger partial charge in [-0.1, -0.05) is 46.1 Å². The summed E-state index contributed by atoms with van der Waals surface area (Å²) in [7, 11) is 0. The summed E-state index contributed by atoms with van der Waals surface area (Å²) in [6, 6.07) is 3.20. The Labute approximate surface area is 130 Å². The smallest absolute Gasteiger partial charge is 0.182 e. The highest BCUT2D eigenvalue weighted by molar-refractivity contribution is 7.15. The fourth-order valence-corrected chi connectivity index (χ4v) is 3.14. The van der Waals surface area contributed by atoms with Crippen LogP contribution in [-0.4, -0.2) is 11.5 Å². The lowest BCUT2D eigenvalue weighted by Gasteiger charge is -2.09. The topological polar surface area (TPSA) is 34.2 Å². The van der Waals surface area contributed by atoms with Gasteiger partial charge in [0.05, 0.1) is 14.9 Å². The van der Waals surface area contributed by atoms with Gasteiger partial charge in [-0.3, -0.25) is 0 Å². The molecule has 1 aromatic heterocycles. The van der Waals surface area contributed by atoms with Crippen molar-refractivity contribution in [2.24, 2.45) is 0 Å². The fraction of sp³-hybridized carbons (Fsp3) is 0.250. The van der Waals surface area contributed by atoms with Crippen LogP contribution in [0.25, 0.3) is 0 Å². The lowest BCUT2D eigenvalue weighted by Crippen LogP contribution is -1.95. The summed E-state index contributed by atoms with van der Waals surface area (Å²) < 4.78 is 5.62. The van der Waals surface area contributed by atoms with Gasteiger partial charge in [-0.05, 0) is 19.1 Å². The van der Waals surface area contributed by atoms with Crippen molar-refractivity contribution in [1.82, 2.24) is 4.98 Å². The number of thiazole rings is 1. The first-order chi connectivity index (χ1) is 9.10. The van der Waals surface area contributed by atoms with Crippen LogP contribution in [0.3, 0.4) is 0 Å². The molecule has 0 fully saturated rings. The highest BCUT2D eigenvalue weighted by atomic mass is 35.5. The highest BCUT2D eigenvalue weighted by Crippen LogP contribution is 2.36. The van der Waals surface area contributed by atoms with Crippen LogP contribution in [0.1, 0.15) is 11.8 Å². The summed E-state index contributed by atoms with van der Waals surface area (Å²) in [5.41, 5.74) is 0. The third-order valence-electron chi connectivity index (χ3n) is 2.20. The Kier molecular flexibility index (Phi) is 5.16. The van der Waals surface area contributed by atoms with Gasteiger partial charge in [0.25, 0.3) is 0 Å². The Morgan fingerprint density at radius 3 is 2.58 bits per heavy atom. The predicted molar refractivity (Wildman–Crippen MR) is 82.1 cm³/mol. The molecule has 0 aliphatic heterocycles. The van der Waals surface area contributed by atoms with Crippen LogP contribution >= 0.6 is 46.1 Å². The molecule has 0 bridgehead atoms. The van der Waals surface area contributed by atoms with Gasteiger partial charge in [0.2, 0.25) is 0 Å². The van der Waals surface area contributed by atoms with Crippen molar-refractivity contribution >= 4 is 51.3 Å². The van der Waals surface area contributed by atoms with Crippen LogP contribution in [0.5, 0.6) is 5.75 Å². The average molecular weight is 338 g/mol. The summed E-state index contributed by atoms with van der Waals surface area (Å²) in [4.78, 5) is 5.20. The molecule has 7 heteroatoms. The second kappa shape index (κ2) is 6.66. The van der Waals surface area contributed by atoms with E-state index >= 15 is 0 Å². The third kappa shape index (κ3) is 3.89. The summed E-state index contributed by atoms with van der Waals surface area (Å²) in [6.45, 7) is 3.22. The van der Waals surface area contributed by atoms with Crippen molar-refractivity contribution < 1.29 is 4.74 Å². The lowest BCUT2D eigenvalue weighted by molar-refractivity contribution is 0.310. The molecule has 0 amide bonds. The van der Waals surface area contributed by atoms with Crippen molar-refractivity contribution in [2.75, 3.05) is 11.9 Å². The molecule has 0 spiro atoms. The third-order valence-corrected chi connectivity index (χ3v) is 3.91. The zero-order valence-electron chi connectivity index (χ0n) is 10.0. The van der Waals surface area contributed by atoms with Gasteiger partial charge >= 0.3 is 0 Å². The van der Waals surface area contributed by atoms with E-state index in [1.54, 1.807) is 18.3 Å². The van der Waals surface area contributed by atoms with Crippen LogP contribution in [0.4, 0.5) is 5.13 Å². The molecular formula is C12H11Cl3N2OS. The molecule has 0 saturated heterocycles. The average Bonchev–Trinajstić information content (AvgIpc) is 2.76. The van der Waals surface area contributed by atoms with E-state index in [1.807, 2.05) is 6.92 Å². The number of benzene rings is 1. The van der Waals surface area contributed by atoms with E-state index < -0.39 is 0 Å². The molecule has 2 rings (SSSR count). The Balaban J connectivity index is 2.05. The molecule has 2 aromatic rings. The molecule has 0 unspecified atom stereocenters. The van der Waals surface area contributed by atoms with Crippen LogP contribution in [0.15, 0.2) is 18.3 Å². The zero-order chi connectivity index (χ0) is 13.8. The molecule has 1 N–H and O–H groups in total. The minimum absolute atomic E-state index is 0.365. The molecule has 0 radical (unpaired) electrons. The van der Waals surface area contributed by atoms with Gasteiger partial charge in [0.15, 0.2) is 10.9 Å². The standard InChI is InChI=1S/C12H11Cl3N2OS/c1-2-16-12-17-5-8(19-12)6-18-11-9(14)3-7(13)4-10(11)15/h3-5H,2,6H2,1H3,(H,16,17). The molecule has 1 aromatic carbocycles. The Hall–Kier alpha value is -0.680. The predicted octanol–water partition coefficient (Wildman–Crippen LogP) is 5.11. The maximum atomic E-state index is 6.04. The van der Waals surface area contributed by atoms with E-state index in [9.17, 15) is 0 Å². The SMILES string of the molecule is CCNc1ncc(COc2c(Cl)cc(Cl)cc2Cl)s1. The van der Waals surface area contributed by atoms with Crippen molar-refractivity contribution in [1.29, 1.82) is 0 Å². The minimum atomic E-state index is 0.365.